The second kappa shape index (κ2) is 6.88. The van der Waals surface area contributed by atoms with Crippen molar-refractivity contribution in [2.75, 3.05) is 5.75 Å². The van der Waals surface area contributed by atoms with Crippen molar-refractivity contribution < 1.29 is 9.18 Å². The molecule has 3 rings (SSSR count). The number of amidine groups is 1. The summed E-state index contributed by atoms with van der Waals surface area (Å²) in [5.41, 5.74) is 7.87. The Morgan fingerprint density at radius 3 is 2.80 bits per heavy atom. The van der Waals surface area contributed by atoms with Gasteiger partial charge in [-0.15, -0.1) is 0 Å². The summed E-state index contributed by atoms with van der Waals surface area (Å²) < 4.78 is 18.7. The van der Waals surface area contributed by atoms with Gasteiger partial charge in [0.15, 0.2) is 11.0 Å². The number of benzene rings is 1. The van der Waals surface area contributed by atoms with E-state index in [1.54, 1.807) is 12.1 Å². The van der Waals surface area contributed by atoms with E-state index in [-0.39, 0.29) is 18.0 Å². The first-order valence-corrected chi connectivity index (χ1v) is 9.79. The Morgan fingerprint density at radius 2 is 2.16 bits per heavy atom. The number of nitrogens with two attached hydrogens (primary N) is 1. The van der Waals surface area contributed by atoms with Crippen LogP contribution in [0.1, 0.15) is 45.4 Å². The zero-order chi connectivity index (χ0) is 18.2. The molecule has 0 saturated carbocycles. The van der Waals surface area contributed by atoms with Gasteiger partial charge in [0.05, 0.1) is 16.8 Å². The fourth-order valence-electron chi connectivity index (χ4n) is 3.13. The minimum absolute atomic E-state index is 0.00803. The van der Waals surface area contributed by atoms with E-state index in [2.05, 4.69) is 9.37 Å². The van der Waals surface area contributed by atoms with E-state index in [9.17, 15) is 9.18 Å². The maximum atomic E-state index is 14.5. The molecule has 0 aliphatic carbocycles. The number of hydrogen-bond acceptors (Lipinski definition) is 6. The minimum Gasteiger partial charge on any atom is -0.379 e. The highest BCUT2D eigenvalue weighted by Crippen LogP contribution is 2.37. The third-order valence-electron chi connectivity index (χ3n) is 4.48. The summed E-state index contributed by atoms with van der Waals surface area (Å²) in [6, 6.07) is 4.84. The van der Waals surface area contributed by atoms with Crippen molar-refractivity contribution in [3.63, 3.8) is 0 Å². The molecule has 1 aromatic heterocycles. The number of ketones is 1. The average Bonchev–Trinajstić information content (AvgIpc) is 2.87. The van der Waals surface area contributed by atoms with Crippen LogP contribution in [0.3, 0.4) is 0 Å². The average molecular weight is 378 g/mol. The fourth-order valence-corrected chi connectivity index (χ4v) is 4.82. The summed E-state index contributed by atoms with van der Waals surface area (Å²) >= 11 is 2.82. The van der Waals surface area contributed by atoms with Crippen molar-refractivity contribution in [3.05, 3.63) is 51.3 Å². The largest absolute Gasteiger partial charge is 0.379 e. The van der Waals surface area contributed by atoms with E-state index >= 15 is 0 Å². The summed E-state index contributed by atoms with van der Waals surface area (Å²) in [6.45, 7) is 5.62. The number of rotatable bonds is 4. The Hall–Kier alpha value is -1.73. The molecular weight excluding hydrogens is 357 g/mol. The summed E-state index contributed by atoms with van der Waals surface area (Å²) in [6.07, 6.45) is 0.927. The van der Waals surface area contributed by atoms with Crippen molar-refractivity contribution in [2.24, 2.45) is 10.7 Å². The lowest BCUT2D eigenvalue weighted by Gasteiger charge is -2.30. The highest BCUT2D eigenvalue weighted by molar-refractivity contribution is 8.13. The molecule has 25 heavy (non-hydrogen) atoms. The lowest BCUT2D eigenvalue weighted by molar-refractivity contribution is 0.0992. The van der Waals surface area contributed by atoms with Crippen molar-refractivity contribution in [2.45, 2.75) is 39.2 Å². The Morgan fingerprint density at radius 1 is 1.40 bits per heavy atom. The van der Waals surface area contributed by atoms with Crippen LogP contribution in [-0.2, 0) is 12.0 Å². The lowest BCUT2D eigenvalue weighted by atomic mass is 9.87. The summed E-state index contributed by atoms with van der Waals surface area (Å²) in [4.78, 5) is 18.0. The SMILES string of the molecule is Cc1nsc(C)c1C(=O)Cc1ccc(F)c([C@]2(C)CCSC(N)=N2)c1. The smallest absolute Gasteiger partial charge is 0.170 e. The van der Waals surface area contributed by atoms with Gasteiger partial charge in [-0.3, -0.25) is 9.79 Å². The molecule has 1 aliphatic rings. The molecule has 0 bridgehead atoms. The number of halogens is 1. The second-order valence-electron chi connectivity index (χ2n) is 6.44. The van der Waals surface area contributed by atoms with Gasteiger partial charge in [-0.05, 0) is 56.4 Å². The van der Waals surface area contributed by atoms with Gasteiger partial charge in [-0.2, -0.15) is 4.37 Å². The van der Waals surface area contributed by atoms with Crippen molar-refractivity contribution >= 4 is 34.2 Å². The van der Waals surface area contributed by atoms with Crippen molar-refractivity contribution in [1.82, 2.24) is 4.37 Å². The van der Waals surface area contributed by atoms with E-state index in [0.717, 1.165) is 21.9 Å². The number of Topliss-reactive ketones (excluding diaryl/α,β-unsaturated/α-hetero) is 1. The topological polar surface area (TPSA) is 68.3 Å². The summed E-state index contributed by atoms with van der Waals surface area (Å²) in [5, 5.41) is 0.477. The van der Waals surface area contributed by atoms with Crippen LogP contribution in [-0.4, -0.2) is 21.1 Å². The van der Waals surface area contributed by atoms with Crippen molar-refractivity contribution in [3.8, 4) is 0 Å². The van der Waals surface area contributed by atoms with Gasteiger partial charge in [0.25, 0.3) is 0 Å². The predicted octanol–water partition coefficient (Wildman–Crippen LogP) is 3.99. The zero-order valence-electron chi connectivity index (χ0n) is 14.4. The highest BCUT2D eigenvalue weighted by atomic mass is 32.2. The number of aromatic nitrogens is 1. The zero-order valence-corrected chi connectivity index (χ0v) is 16.1. The molecular formula is C18H20FN3OS2. The van der Waals surface area contributed by atoms with Crippen LogP contribution in [0.2, 0.25) is 0 Å². The van der Waals surface area contributed by atoms with Crippen LogP contribution in [0, 0.1) is 19.7 Å². The van der Waals surface area contributed by atoms with Crippen LogP contribution in [0.4, 0.5) is 4.39 Å². The molecule has 0 spiro atoms. The van der Waals surface area contributed by atoms with E-state index in [4.69, 9.17) is 5.73 Å². The van der Waals surface area contributed by atoms with Gasteiger partial charge in [0.1, 0.15) is 5.82 Å². The highest BCUT2D eigenvalue weighted by Gasteiger charge is 2.32. The molecule has 0 unspecified atom stereocenters. The Bertz CT molecular complexity index is 843. The van der Waals surface area contributed by atoms with E-state index in [1.807, 2.05) is 20.8 Å². The van der Waals surface area contributed by atoms with Crippen LogP contribution < -0.4 is 5.73 Å². The normalized spacial score (nSPS) is 20.4. The molecule has 0 amide bonds. The molecule has 2 N–H and O–H groups in total. The van der Waals surface area contributed by atoms with Crippen LogP contribution in [0.5, 0.6) is 0 Å². The predicted molar refractivity (Wildman–Crippen MR) is 102 cm³/mol. The maximum absolute atomic E-state index is 14.5. The van der Waals surface area contributed by atoms with Crippen molar-refractivity contribution in [1.29, 1.82) is 0 Å². The number of hydrogen-bond donors (Lipinski definition) is 1. The third-order valence-corrected chi connectivity index (χ3v) is 6.12. The quantitative estimate of drug-likeness (QED) is 0.818. The molecule has 0 saturated heterocycles. The third kappa shape index (κ3) is 3.62. The number of nitrogens with zero attached hydrogens (tertiary/aromatic N) is 2. The van der Waals surface area contributed by atoms with E-state index < -0.39 is 5.54 Å². The number of aryl methyl sites for hydroxylation is 2. The number of carbonyl (C=O) groups is 1. The molecule has 1 atom stereocenters. The van der Waals surface area contributed by atoms with Gasteiger partial charge in [-0.1, -0.05) is 17.8 Å². The molecule has 1 aromatic carbocycles. The number of thioether (sulfide) groups is 1. The van der Waals surface area contributed by atoms with Gasteiger partial charge in [0.2, 0.25) is 0 Å². The summed E-state index contributed by atoms with van der Waals surface area (Å²) in [7, 11) is 0. The first kappa shape index (κ1) is 18.1. The Labute approximate surface area is 154 Å². The summed E-state index contributed by atoms with van der Waals surface area (Å²) in [5.74, 6) is 0.494. The molecule has 4 nitrogen and oxygen atoms in total. The second-order valence-corrected chi connectivity index (χ2v) is 8.53. The minimum atomic E-state index is -0.686. The maximum Gasteiger partial charge on any atom is 0.170 e. The van der Waals surface area contributed by atoms with Crippen LogP contribution in [0.15, 0.2) is 23.2 Å². The lowest BCUT2D eigenvalue weighted by Crippen LogP contribution is -2.29. The first-order chi connectivity index (χ1) is 11.8. The van der Waals surface area contributed by atoms with E-state index in [0.29, 0.717) is 22.7 Å². The molecule has 0 fully saturated rings. The van der Waals surface area contributed by atoms with Gasteiger partial charge in [-0.25, -0.2) is 4.39 Å². The Balaban J connectivity index is 1.92. The number of aliphatic imine (C=N–C) groups is 1. The van der Waals surface area contributed by atoms with Gasteiger partial charge < -0.3 is 5.73 Å². The molecule has 2 heterocycles. The molecule has 2 aromatic rings. The molecule has 0 radical (unpaired) electrons. The Kier molecular flexibility index (Phi) is 4.97. The standard InChI is InChI=1S/C18H20FN3OS2/c1-10-16(11(2)25-22-10)15(23)9-12-4-5-14(19)13(8-12)18(3)6-7-24-17(20)21-18/h4-5,8H,6-7,9H2,1-3H3,(H2,20,21)/t18-/m0/s1. The van der Waals surface area contributed by atoms with Crippen LogP contribution >= 0.6 is 23.3 Å². The fraction of sp³-hybridized carbons (Fsp3) is 0.389. The van der Waals surface area contributed by atoms with Gasteiger partial charge >= 0.3 is 0 Å². The van der Waals surface area contributed by atoms with E-state index in [1.165, 1.54) is 29.4 Å². The monoisotopic (exact) mass is 377 g/mol. The van der Waals surface area contributed by atoms with Crippen LogP contribution in [0.25, 0.3) is 0 Å². The van der Waals surface area contributed by atoms with Gasteiger partial charge in [0, 0.05) is 22.6 Å². The molecule has 1 aliphatic heterocycles. The molecule has 132 valence electrons. The molecule has 7 heteroatoms. The first-order valence-electron chi connectivity index (χ1n) is 8.03. The number of carbonyl (C=O) groups excluding carboxylic acids is 1.